The lowest BCUT2D eigenvalue weighted by Gasteiger charge is -2.60. The van der Waals surface area contributed by atoms with Crippen LogP contribution in [0.2, 0.25) is 0 Å². The van der Waals surface area contributed by atoms with Crippen molar-refractivity contribution in [3.8, 4) is 11.5 Å². The van der Waals surface area contributed by atoms with E-state index < -0.39 is 0 Å². The Bertz CT molecular complexity index is 1030. The third-order valence-corrected chi connectivity index (χ3v) is 8.22. The second kappa shape index (κ2) is 8.43. The predicted octanol–water partition coefficient (Wildman–Crippen LogP) is 4.36. The van der Waals surface area contributed by atoms with E-state index in [0.717, 1.165) is 25.7 Å². The molecule has 2 aliphatic carbocycles. The van der Waals surface area contributed by atoms with Crippen LogP contribution in [0.25, 0.3) is 0 Å². The molecule has 0 unspecified atom stereocenters. The SMILES string of the molecule is C[C@H]1[C@H](NC(=O)c2cnccn2)C[C@H]2C(C)(C)CCC[C@]2(C)[C@H]1C(=O)c1cc(O)cc(O)c1. The van der Waals surface area contributed by atoms with Gasteiger partial charge in [-0.3, -0.25) is 14.6 Å². The first kappa shape index (κ1) is 23.2. The Labute approximate surface area is 194 Å². The monoisotopic (exact) mass is 451 g/mol. The summed E-state index contributed by atoms with van der Waals surface area (Å²) in [5, 5.41) is 23.1. The second-order valence-electron chi connectivity index (χ2n) is 10.7. The average Bonchev–Trinajstić information content (AvgIpc) is 2.74. The first-order chi connectivity index (χ1) is 15.5. The first-order valence-electron chi connectivity index (χ1n) is 11.7. The van der Waals surface area contributed by atoms with Gasteiger partial charge in [0.2, 0.25) is 0 Å². The van der Waals surface area contributed by atoms with E-state index in [1.165, 1.54) is 36.8 Å². The normalized spacial score (nSPS) is 30.8. The Hall–Kier alpha value is -2.96. The summed E-state index contributed by atoms with van der Waals surface area (Å²) in [7, 11) is 0. The summed E-state index contributed by atoms with van der Waals surface area (Å²) in [4.78, 5) is 35.0. The number of carbonyl (C=O) groups excluding carboxylic acids is 2. The van der Waals surface area contributed by atoms with Crippen molar-refractivity contribution in [2.45, 2.75) is 59.4 Å². The molecule has 1 aromatic carbocycles. The van der Waals surface area contributed by atoms with Crippen molar-refractivity contribution in [1.29, 1.82) is 0 Å². The van der Waals surface area contributed by atoms with Crippen molar-refractivity contribution in [2.24, 2.45) is 28.6 Å². The van der Waals surface area contributed by atoms with Gasteiger partial charge in [0.05, 0.1) is 6.20 Å². The maximum Gasteiger partial charge on any atom is 0.271 e. The van der Waals surface area contributed by atoms with Crippen molar-refractivity contribution in [2.75, 3.05) is 0 Å². The van der Waals surface area contributed by atoms with Crippen LogP contribution in [0.15, 0.2) is 36.8 Å². The first-order valence-corrected chi connectivity index (χ1v) is 11.7. The number of ketones is 1. The highest BCUT2D eigenvalue weighted by molar-refractivity contribution is 5.99. The Morgan fingerprint density at radius 1 is 1.06 bits per heavy atom. The fourth-order valence-electron chi connectivity index (χ4n) is 6.73. The lowest BCUT2D eigenvalue weighted by atomic mass is 9.45. The molecule has 2 aliphatic rings. The highest BCUT2D eigenvalue weighted by atomic mass is 16.3. The molecule has 2 saturated carbocycles. The standard InChI is InChI=1S/C26H33N3O4/c1-15-19(29-24(33)20-14-27-8-9-28-20)13-21-25(2,3)6-5-7-26(21,4)22(15)23(32)16-10-17(30)12-18(31)11-16/h8-12,14-15,19,21-22,30-31H,5-7,13H2,1-4H3,(H,29,33)/t15-,19+,21-,22+,26-/m0/s1. The third kappa shape index (κ3) is 4.21. The minimum absolute atomic E-state index is 0.0160. The maximum atomic E-state index is 13.9. The molecule has 0 saturated heterocycles. The summed E-state index contributed by atoms with van der Waals surface area (Å²) in [6.07, 6.45) is 8.27. The Kier molecular flexibility index (Phi) is 5.93. The molecular weight excluding hydrogens is 418 g/mol. The van der Waals surface area contributed by atoms with Gasteiger partial charge >= 0.3 is 0 Å². The van der Waals surface area contributed by atoms with E-state index in [9.17, 15) is 19.8 Å². The number of nitrogens with one attached hydrogen (secondary N) is 1. The van der Waals surface area contributed by atoms with E-state index in [4.69, 9.17) is 0 Å². The van der Waals surface area contributed by atoms with Crippen molar-refractivity contribution >= 4 is 11.7 Å². The molecule has 4 rings (SSSR count). The molecule has 1 aromatic heterocycles. The van der Waals surface area contributed by atoms with Gasteiger partial charge in [-0.1, -0.05) is 34.1 Å². The number of aromatic hydroxyl groups is 2. The van der Waals surface area contributed by atoms with Gasteiger partial charge < -0.3 is 15.5 Å². The Morgan fingerprint density at radius 3 is 2.39 bits per heavy atom. The zero-order valence-corrected chi connectivity index (χ0v) is 19.7. The summed E-state index contributed by atoms with van der Waals surface area (Å²) in [5.74, 6) is -0.959. The average molecular weight is 452 g/mol. The quantitative estimate of drug-likeness (QED) is 0.596. The molecule has 0 bridgehead atoms. The molecule has 2 fully saturated rings. The van der Waals surface area contributed by atoms with Crippen LogP contribution in [0.1, 0.15) is 74.2 Å². The molecule has 7 nitrogen and oxygen atoms in total. The van der Waals surface area contributed by atoms with Gasteiger partial charge in [0.25, 0.3) is 5.91 Å². The Balaban J connectivity index is 1.73. The number of hydrogen-bond acceptors (Lipinski definition) is 6. The van der Waals surface area contributed by atoms with Gasteiger partial charge in [0.15, 0.2) is 5.78 Å². The molecule has 0 aliphatic heterocycles. The predicted molar refractivity (Wildman–Crippen MR) is 124 cm³/mol. The minimum Gasteiger partial charge on any atom is -0.508 e. The van der Waals surface area contributed by atoms with Crippen molar-refractivity contribution < 1.29 is 19.8 Å². The fraction of sp³-hybridized carbons (Fsp3) is 0.538. The van der Waals surface area contributed by atoms with E-state index >= 15 is 0 Å². The molecule has 176 valence electrons. The summed E-state index contributed by atoms with van der Waals surface area (Å²) in [6, 6.07) is 3.85. The van der Waals surface area contributed by atoms with Gasteiger partial charge in [-0.15, -0.1) is 0 Å². The van der Waals surface area contributed by atoms with Gasteiger partial charge in [0, 0.05) is 36.0 Å². The topological polar surface area (TPSA) is 112 Å². The van der Waals surface area contributed by atoms with E-state index in [1.807, 2.05) is 6.92 Å². The highest BCUT2D eigenvalue weighted by Gasteiger charge is 2.58. The van der Waals surface area contributed by atoms with Crippen LogP contribution in [0.4, 0.5) is 0 Å². The van der Waals surface area contributed by atoms with E-state index in [1.54, 1.807) is 0 Å². The van der Waals surface area contributed by atoms with E-state index in [2.05, 4.69) is 36.1 Å². The van der Waals surface area contributed by atoms with Crippen LogP contribution >= 0.6 is 0 Å². The van der Waals surface area contributed by atoms with Crippen LogP contribution in [0.5, 0.6) is 11.5 Å². The molecular formula is C26H33N3O4. The molecule has 0 spiro atoms. The van der Waals surface area contributed by atoms with Gasteiger partial charge in [-0.25, -0.2) is 4.98 Å². The zero-order chi connectivity index (χ0) is 24.0. The number of phenols is 2. The van der Waals surface area contributed by atoms with Crippen LogP contribution < -0.4 is 5.32 Å². The minimum atomic E-state index is -0.371. The summed E-state index contributed by atoms with van der Waals surface area (Å²) >= 11 is 0. The number of benzene rings is 1. The number of carbonyl (C=O) groups is 2. The molecule has 1 amide bonds. The molecule has 2 aromatic rings. The van der Waals surface area contributed by atoms with Crippen molar-refractivity contribution in [3.63, 3.8) is 0 Å². The number of phenolic OH excluding ortho intramolecular Hbond substituents is 2. The second-order valence-corrected chi connectivity index (χ2v) is 10.7. The highest BCUT2D eigenvalue weighted by Crippen LogP contribution is 2.61. The number of Topliss-reactive ketones (excluding diaryl/α,β-unsaturated/α-hetero) is 1. The number of amides is 1. The van der Waals surface area contributed by atoms with Gasteiger partial charge in [-0.2, -0.15) is 0 Å². The van der Waals surface area contributed by atoms with Crippen molar-refractivity contribution in [1.82, 2.24) is 15.3 Å². The largest absolute Gasteiger partial charge is 0.508 e. The number of hydrogen-bond donors (Lipinski definition) is 3. The molecule has 3 N–H and O–H groups in total. The van der Waals surface area contributed by atoms with Crippen LogP contribution in [-0.4, -0.2) is 37.9 Å². The third-order valence-electron chi connectivity index (χ3n) is 8.22. The maximum absolute atomic E-state index is 13.9. The lowest BCUT2D eigenvalue weighted by molar-refractivity contribution is -0.0902. The fourth-order valence-corrected chi connectivity index (χ4v) is 6.73. The molecule has 1 heterocycles. The van der Waals surface area contributed by atoms with Crippen LogP contribution in [0.3, 0.4) is 0 Å². The summed E-state index contributed by atoms with van der Waals surface area (Å²) in [5.41, 5.74) is 0.310. The number of rotatable bonds is 4. The molecule has 0 radical (unpaired) electrons. The number of nitrogens with zero attached hydrogens (tertiary/aromatic N) is 2. The van der Waals surface area contributed by atoms with Crippen LogP contribution in [0, 0.1) is 28.6 Å². The smallest absolute Gasteiger partial charge is 0.271 e. The lowest BCUT2D eigenvalue weighted by Crippen LogP contribution is -2.60. The van der Waals surface area contributed by atoms with Gasteiger partial charge in [-0.05, 0) is 54.1 Å². The zero-order valence-electron chi connectivity index (χ0n) is 19.7. The summed E-state index contributed by atoms with van der Waals surface area (Å²) in [6.45, 7) is 8.75. The Morgan fingerprint density at radius 2 is 1.76 bits per heavy atom. The summed E-state index contributed by atoms with van der Waals surface area (Å²) < 4.78 is 0. The van der Waals surface area contributed by atoms with Crippen molar-refractivity contribution in [3.05, 3.63) is 48.0 Å². The number of aromatic nitrogens is 2. The van der Waals surface area contributed by atoms with E-state index in [-0.39, 0.29) is 63.5 Å². The molecule has 5 atom stereocenters. The molecule has 33 heavy (non-hydrogen) atoms. The number of fused-ring (bicyclic) bond motifs is 1. The molecule has 7 heteroatoms. The van der Waals surface area contributed by atoms with Crippen LogP contribution in [-0.2, 0) is 0 Å². The van der Waals surface area contributed by atoms with Gasteiger partial charge in [0.1, 0.15) is 17.2 Å². The van der Waals surface area contributed by atoms with E-state index in [0.29, 0.717) is 5.56 Å².